The lowest BCUT2D eigenvalue weighted by molar-refractivity contribution is -0.137. The summed E-state index contributed by atoms with van der Waals surface area (Å²) in [6, 6.07) is 7.65. The first-order valence-corrected chi connectivity index (χ1v) is 8.02. The van der Waals surface area contributed by atoms with Gasteiger partial charge >= 0.3 is 12.2 Å². The largest absolute Gasteiger partial charge is 0.416 e. The predicted molar refractivity (Wildman–Crippen MR) is 93.7 cm³/mol. The molecule has 8 heteroatoms. The molecule has 0 bridgehead atoms. The number of anilines is 1. The number of likely N-dealkylation sites (N-methyl/N-ethyl adjacent to an activating group) is 1. The Hall–Kier alpha value is -2.61. The molecule has 0 radical (unpaired) electrons. The van der Waals surface area contributed by atoms with Gasteiger partial charge in [-0.05, 0) is 50.0 Å². The van der Waals surface area contributed by atoms with Crippen LogP contribution in [-0.4, -0.2) is 48.0 Å². The maximum Gasteiger partial charge on any atom is 0.416 e. The van der Waals surface area contributed by atoms with Crippen molar-refractivity contribution in [3.8, 4) is 0 Å². The molecule has 1 N–H and O–H groups in total. The van der Waals surface area contributed by atoms with Crippen LogP contribution < -0.4 is 5.32 Å². The SMILES string of the molecule is CN(C)CCN(Cc1cccnc1)C(=O)Nc1ccc(C(F)(F)F)cc1. The summed E-state index contributed by atoms with van der Waals surface area (Å²) >= 11 is 0. The Morgan fingerprint density at radius 3 is 2.35 bits per heavy atom. The fraction of sp³-hybridized carbons (Fsp3) is 0.333. The van der Waals surface area contributed by atoms with Crippen LogP contribution in [0, 0.1) is 0 Å². The predicted octanol–water partition coefficient (Wildman–Crippen LogP) is 3.70. The molecule has 0 aliphatic carbocycles. The number of amides is 2. The first-order chi connectivity index (χ1) is 12.3. The normalized spacial score (nSPS) is 11.5. The van der Waals surface area contributed by atoms with E-state index in [1.54, 1.807) is 23.4 Å². The molecule has 1 heterocycles. The molecule has 0 saturated heterocycles. The Bertz CT molecular complexity index is 703. The van der Waals surface area contributed by atoms with Gasteiger partial charge in [-0.15, -0.1) is 0 Å². The van der Waals surface area contributed by atoms with E-state index in [9.17, 15) is 18.0 Å². The molecule has 0 spiro atoms. The van der Waals surface area contributed by atoms with Crippen LogP contribution in [0.4, 0.5) is 23.7 Å². The van der Waals surface area contributed by atoms with E-state index in [4.69, 9.17) is 0 Å². The van der Waals surface area contributed by atoms with Crippen LogP contribution in [0.2, 0.25) is 0 Å². The maximum absolute atomic E-state index is 12.6. The molecule has 2 aromatic rings. The van der Waals surface area contributed by atoms with Gasteiger partial charge in [-0.1, -0.05) is 6.07 Å². The summed E-state index contributed by atoms with van der Waals surface area (Å²) < 4.78 is 37.9. The number of nitrogens with zero attached hydrogens (tertiary/aromatic N) is 3. The van der Waals surface area contributed by atoms with Crippen molar-refractivity contribution in [3.05, 3.63) is 59.9 Å². The van der Waals surface area contributed by atoms with Gasteiger partial charge in [0.1, 0.15) is 0 Å². The number of nitrogens with one attached hydrogen (secondary N) is 1. The number of urea groups is 1. The molecule has 0 saturated carbocycles. The number of benzene rings is 1. The minimum absolute atomic E-state index is 0.309. The number of aromatic nitrogens is 1. The molecule has 0 aliphatic heterocycles. The Labute approximate surface area is 150 Å². The molecule has 0 aliphatic rings. The van der Waals surface area contributed by atoms with Gasteiger partial charge in [0.15, 0.2) is 0 Å². The number of alkyl halides is 3. The second-order valence-electron chi connectivity index (χ2n) is 6.09. The van der Waals surface area contributed by atoms with Crippen molar-refractivity contribution in [1.82, 2.24) is 14.8 Å². The molecule has 2 amide bonds. The number of carbonyl (C=O) groups is 1. The molecule has 1 aromatic heterocycles. The Morgan fingerprint density at radius 1 is 1.12 bits per heavy atom. The van der Waals surface area contributed by atoms with Gasteiger partial charge in [0.25, 0.3) is 0 Å². The highest BCUT2D eigenvalue weighted by Crippen LogP contribution is 2.29. The van der Waals surface area contributed by atoms with Gasteiger partial charge < -0.3 is 15.1 Å². The summed E-state index contributed by atoms with van der Waals surface area (Å²) in [4.78, 5) is 20.1. The fourth-order valence-corrected chi connectivity index (χ4v) is 2.23. The van der Waals surface area contributed by atoms with E-state index in [0.29, 0.717) is 25.3 Å². The third-order valence-corrected chi connectivity index (χ3v) is 3.66. The summed E-state index contributed by atoms with van der Waals surface area (Å²) in [6.07, 6.45) is -1.08. The van der Waals surface area contributed by atoms with Crippen LogP contribution in [-0.2, 0) is 12.7 Å². The van der Waals surface area contributed by atoms with E-state index in [2.05, 4.69) is 10.3 Å². The first-order valence-electron chi connectivity index (χ1n) is 8.02. The van der Waals surface area contributed by atoms with Gasteiger partial charge in [-0.3, -0.25) is 4.98 Å². The molecule has 1 aromatic carbocycles. The highest BCUT2D eigenvalue weighted by atomic mass is 19.4. The third-order valence-electron chi connectivity index (χ3n) is 3.66. The zero-order valence-corrected chi connectivity index (χ0v) is 14.6. The topological polar surface area (TPSA) is 48.5 Å². The van der Waals surface area contributed by atoms with Gasteiger partial charge in [-0.25, -0.2) is 4.79 Å². The lowest BCUT2D eigenvalue weighted by atomic mass is 10.2. The summed E-state index contributed by atoms with van der Waals surface area (Å²) in [5, 5.41) is 2.65. The molecule has 140 valence electrons. The molecular formula is C18H21F3N4O. The average Bonchev–Trinajstić information content (AvgIpc) is 2.59. The lowest BCUT2D eigenvalue weighted by Gasteiger charge is -2.25. The molecule has 0 unspecified atom stereocenters. The van der Waals surface area contributed by atoms with Crippen LogP contribution in [0.1, 0.15) is 11.1 Å². The minimum Gasteiger partial charge on any atom is -0.319 e. The van der Waals surface area contributed by atoms with Crippen molar-refractivity contribution in [2.45, 2.75) is 12.7 Å². The second kappa shape index (κ2) is 8.66. The van der Waals surface area contributed by atoms with E-state index in [0.717, 1.165) is 17.7 Å². The van der Waals surface area contributed by atoms with E-state index in [1.807, 2.05) is 25.1 Å². The Morgan fingerprint density at radius 2 is 1.81 bits per heavy atom. The maximum atomic E-state index is 12.6. The van der Waals surface area contributed by atoms with Crippen molar-refractivity contribution in [1.29, 1.82) is 0 Å². The van der Waals surface area contributed by atoms with Crippen molar-refractivity contribution in [2.75, 3.05) is 32.5 Å². The molecule has 26 heavy (non-hydrogen) atoms. The van der Waals surface area contributed by atoms with Gasteiger partial charge in [0.2, 0.25) is 0 Å². The van der Waals surface area contributed by atoms with Crippen LogP contribution in [0.25, 0.3) is 0 Å². The van der Waals surface area contributed by atoms with Crippen LogP contribution >= 0.6 is 0 Å². The Balaban J connectivity index is 2.07. The average molecular weight is 366 g/mol. The second-order valence-corrected chi connectivity index (χ2v) is 6.09. The summed E-state index contributed by atoms with van der Waals surface area (Å²) in [6.45, 7) is 1.48. The number of pyridine rings is 1. The number of hydrogen-bond acceptors (Lipinski definition) is 3. The third kappa shape index (κ3) is 6.03. The molecule has 5 nitrogen and oxygen atoms in total. The molecule has 2 rings (SSSR count). The van der Waals surface area contributed by atoms with Crippen molar-refractivity contribution in [3.63, 3.8) is 0 Å². The van der Waals surface area contributed by atoms with Crippen molar-refractivity contribution >= 4 is 11.7 Å². The molecule has 0 fully saturated rings. The molecular weight excluding hydrogens is 345 g/mol. The zero-order valence-electron chi connectivity index (χ0n) is 14.6. The first kappa shape index (κ1) is 19.7. The summed E-state index contributed by atoms with van der Waals surface area (Å²) in [7, 11) is 3.80. The smallest absolute Gasteiger partial charge is 0.319 e. The van der Waals surface area contributed by atoms with Gasteiger partial charge in [-0.2, -0.15) is 13.2 Å². The van der Waals surface area contributed by atoms with E-state index < -0.39 is 11.7 Å². The standard InChI is InChI=1S/C18H21F3N4O/c1-24(2)10-11-25(13-14-4-3-9-22-12-14)17(26)23-16-7-5-15(6-8-16)18(19,20)21/h3-9,12H,10-11,13H2,1-2H3,(H,23,26). The van der Waals surface area contributed by atoms with Gasteiger partial charge in [0, 0.05) is 37.7 Å². The fourth-order valence-electron chi connectivity index (χ4n) is 2.23. The number of rotatable bonds is 6. The van der Waals surface area contributed by atoms with E-state index in [-0.39, 0.29) is 6.03 Å². The van der Waals surface area contributed by atoms with Crippen LogP contribution in [0.15, 0.2) is 48.8 Å². The quantitative estimate of drug-likeness (QED) is 0.848. The van der Waals surface area contributed by atoms with Crippen LogP contribution in [0.3, 0.4) is 0 Å². The summed E-state index contributed by atoms with van der Waals surface area (Å²) in [5.74, 6) is 0. The monoisotopic (exact) mass is 366 g/mol. The summed E-state index contributed by atoms with van der Waals surface area (Å²) in [5.41, 5.74) is 0.424. The van der Waals surface area contributed by atoms with Gasteiger partial charge in [0.05, 0.1) is 5.56 Å². The highest BCUT2D eigenvalue weighted by molar-refractivity contribution is 5.89. The number of carbonyl (C=O) groups excluding carboxylic acids is 1. The van der Waals surface area contributed by atoms with Crippen molar-refractivity contribution in [2.24, 2.45) is 0 Å². The number of hydrogen-bond donors (Lipinski definition) is 1. The zero-order chi connectivity index (χ0) is 19.2. The number of halogens is 3. The molecule has 0 atom stereocenters. The minimum atomic E-state index is -4.40. The van der Waals surface area contributed by atoms with E-state index >= 15 is 0 Å². The highest BCUT2D eigenvalue weighted by Gasteiger charge is 2.30. The van der Waals surface area contributed by atoms with Crippen LogP contribution in [0.5, 0.6) is 0 Å². The van der Waals surface area contributed by atoms with E-state index in [1.165, 1.54) is 12.1 Å². The Kier molecular flexibility index (Phi) is 6.57. The van der Waals surface area contributed by atoms with Crippen molar-refractivity contribution < 1.29 is 18.0 Å². The lowest BCUT2D eigenvalue weighted by Crippen LogP contribution is -2.39.